The lowest BCUT2D eigenvalue weighted by atomic mass is 10.1. The molecule has 1 aromatic carbocycles. The zero-order chi connectivity index (χ0) is 16.4. The maximum absolute atomic E-state index is 12.6. The highest BCUT2D eigenvalue weighted by Gasteiger charge is 2.14. The normalized spacial score (nSPS) is 10.6. The molecule has 2 heterocycles. The first-order chi connectivity index (χ1) is 11.1. The zero-order valence-electron chi connectivity index (χ0n) is 13.5. The molecule has 0 unspecified atom stereocenters. The van der Waals surface area contributed by atoms with Gasteiger partial charge >= 0.3 is 0 Å². The van der Waals surface area contributed by atoms with Gasteiger partial charge in [-0.15, -0.1) is 0 Å². The first-order valence-corrected chi connectivity index (χ1v) is 7.54. The number of benzene rings is 1. The summed E-state index contributed by atoms with van der Waals surface area (Å²) >= 11 is 0. The molecule has 0 aliphatic rings. The van der Waals surface area contributed by atoms with Gasteiger partial charge in [0.15, 0.2) is 0 Å². The number of pyridine rings is 1. The second-order valence-corrected chi connectivity index (χ2v) is 5.62. The summed E-state index contributed by atoms with van der Waals surface area (Å²) in [5.74, 6) is -0.137. The smallest absolute Gasteiger partial charge is 0.272 e. The summed E-state index contributed by atoms with van der Waals surface area (Å²) in [6, 6.07) is 13.4. The van der Waals surface area contributed by atoms with Crippen LogP contribution in [0.1, 0.15) is 27.3 Å². The number of nitrogens with one attached hydrogen (secondary N) is 1. The lowest BCUT2D eigenvalue weighted by Crippen LogP contribution is -2.16. The zero-order valence-corrected chi connectivity index (χ0v) is 13.5. The largest absolute Gasteiger partial charge is 0.321 e. The summed E-state index contributed by atoms with van der Waals surface area (Å²) in [6.45, 7) is 6.02. The number of hydrogen-bond acceptors (Lipinski definition) is 2. The molecule has 0 radical (unpaired) electrons. The van der Waals surface area contributed by atoms with Gasteiger partial charge in [-0.05, 0) is 68.3 Å². The molecule has 2 aromatic heterocycles. The van der Waals surface area contributed by atoms with Crippen molar-refractivity contribution in [2.75, 3.05) is 5.32 Å². The molecule has 0 spiro atoms. The van der Waals surface area contributed by atoms with E-state index in [0.29, 0.717) is 5.69 Å². The molecule has 23 heavy (non-hydrogen) atoms. The van der Waals surface area contributed by atoms with Gasteiger partial charge in [0, 0.05) is 18.1 Å². The number of amides is 1. The Balaban J connectivity index is 1.91. The van der Waals surface area contributed by atoms with Crippen LogP contribution in [0.4, 0.5) is 5.69 Å². The fourth-order valence-corrected chi connectivity index (χ4v) is 2.52. The van der Waals surface area contributed by atoms with Crippen LogP contribution in [0.5, 0.6) is 0 Å². The van der Waals surface area contributed by atoms with Crippen molar-refractivity contribution >= 4 is 11.6 Å². The average molecular weight is 305 g/mol. The fourth-order valence-electron chi connectivity index (χ4n) is 2.52. The van der Waals surface area contributed by atoms with Gasteiger partial charge in [-0.25, -0.2) is 0 Å². The Morgan fingerprint density at radius 3 is 2.61 bits per heavy atom. The van der Waals surface area contributed by atoms with Crippen LogP contribution in [-0.4, -0.2) is 15.5 Å². The Kier molecular flexibility index (Phi) is 3.98. The van der Waals surface area contributed by atoms with Crippen LogP contribution in [0.2, 0.25) is 0 Å². The molecule has 3 rings (SSSR count). The van der Waals surface area contributed by atoms with E-state index in [1.807, 2.05) is 67.1 Å². The topological polar surface area (TPSA) is 46.9 Å². The summed E-state index contributed by atoms with van der Waals surface area (Å²) in [7, 11) is 0. The molecule has 3 aromatic rings. The van der Waals surface area contributed by atoms with Crippen molar-refractivity contribution < 1.29 is 4.79 Å². The number of carbonyl (C=O) groups excluding carboxylic acids is 1. The second kappa shape index (κ2) is 6.08. The first kappa shape index (κ1) is 15.0. The van der Waals surface area contributed by atoms with Crippen molar-refractivity contribution in [2.45, 2.75) is 20.8 Å². The van der Waals surface area contributed by atoms with Crippen LogP contribution in [0.25, 0.3) is 5.69 Å². The van der Waals surface area contributed by atoms with E-state index in [4.69, 9.17) is 0 Å². The number of hydrogen-bond donors (Lipinski definition) is 1. The standard InChI is InChI=1S/C19H19N3O/c1-13-8-9-16(12-14(13)2)21-19(23)18-7-5-11-22(18)17-6-4-10-20-15(17)3/h4-12H,1-3H3,(H,21,23). The SMILES string of the molecule is Cc1ccc(NC(=O)c2cccn2-c2cccnc2C)cc1C. The van der Waals surface area contributed by atoms with E-state index >= 15 is 0 Å². The third-order valence-electron chi connectivity index (χ3n) is 3.98. The van der Waals surface area contributed by atoms with Gasteiger partial charge in [0.25, 0.3) is 5.91 Å². The average Bonchev–Trinajstić information content (AvgIpc) is 3.01. The highest BCUT2D eigenvalue weighted by molar-refractivity contribution is 6.03. The molecule has 0 fully saturated rings. The Bertz CT molecular complexity index is 865. The van der Waals surface area contributed by atoms with Crippen molar-refractivity contribution in [2.24, 2.45) is 0 Å². The molecule has 116 valence electrons. The summed E-state index contributed by atoms with van der Waals surface area (Å²) in [5, 5.41) is 2.96. The first-order valence-electron chi connectivity index (χ1n) is 7.54. The van der Waals surface area contributed by atoms with Crippen LogP contribution in [0, 0.1) is 20.8 Å². The Morgan fingerprint density at radius 2 is 1.87 bits per heavy atom. The molecule has 0 atom stereocenters. The molecule has 4 nitrogen and oxygen atoms in total. The van der Waals surface area contributed by atoms with E-state index in [1.165, 1.54) is 5.56 Å². The van der Waals surface area contributed by atoms with E-state index in [2.05, 4.69) is 17.2 Å². The van der Waals surface area contributed by atoms with Gasteiger partial charge in [-0.2, -0.15) is 0 Å². The summed E-state index contributed by atoms with van der Waals surface area (Å²) in [5.41, 5.74) is 5.53. The number of rotatable bonds is 3. The van der Waals surface area contributed by atoms with E-state index in [0.717, 1.165) is 22.6 Å². The molecule has 1 amide bonds. The monoisotopic (exact) mass is 305 g/mol. The minimum Gasteiger partial charge on any atom is -0.321 e. The number of aromatic nitrogens is 2. The predicted octanol–water partition coefficient (Wildman–Crippen LogP) is 4.05. The van der Waals surface area contributed by atoms with Crippen molar-refractivity contribution in [3.05, 3.63) is 77.4 Å². The van der Waals surface area contributed by atoms with E-state index in [-0.39, 0.29) is 5.91 Å². The van der Waals surface area contributed by atoms with E-state index < -0.39 is 0 Å². The minimum atomic E-state index is -0.137. The number of anilines is 1. The second-order valence-electron chi connectivity index (χ2n) is 5.62. The molecule has 0 aliphatic heterocycles. The van der Waals surface area contributed by atoms with E-state index in [1.54, 1.807) is 6.20 Å². The van der Waals surface area contributed by atoms with Crippen molar-refractivity contribution in [3.8, 4) is 5.69 Å². The van der Waals surface area contributed by atoms with E-state index in [9.17, 15) is 4.79 Å². The van der Waals surface area contributed by atoms with Crippen LogP contribution < -0.4 is 5.32 Å². The quantitative estimate of drug-likeness (QED) is 0.793. The van der Waals surface area contributed by atoms with Crippen molar-refractivity contribution in [1.82, 2.24) is 9.55 Å². The Labute approximate surface area is 135 Å². The lowest BCUT2D eigenvalue weighted by Gasteiger charge is -2.12. The summed E-state index contributed by atoms with van der Waals surface area (Å²) in [6.07, 6.45) is 3.62. The van der Waals surface area contributed by atoms with Crippen LogP contribution in [0.15, 0.2) is 54.9 Å². The van der Waals surface area contributed by atoms with Crippen LogP contribution in [0.3, 0.4) is 0 Å². The Hall–Kier alpha value is -2.88. The van der Waals surface area contributed by atoms with Crippen LogP contribution in [-0.2, 0) is 0 Å². The summed E-state index contributed by atoms with van der Waals surface area (Å²) in [4.78, 5) is 16.9. The number of nitrogens with zero attached hydrogens (tertiary/aromatic N) is 2. The number of aryl methyl sites for hydroxylation is 3. The Morgan fingerprint density at radius 1 is 1.04 bits per heavy atom. The van der Waals surface area contributed by atoms with Crippen molar-refractivity contribution in [1.29, 1.82) is 0 Å². The lowest BCUT2D eigenvalue weighted by molar-refractivity contribution is 0.102. The minimum absolute atomic E-state index is 0.137. The third-order valence-corrected chi connectivity index (χ3v) is 3.98. The van der Waals surface area contributed by atoms with Gasteiger partial charge in [-0.3, -0.25) is 9.78 Å². The van der Waals surface area contributed by atoms with Gasteiger partial charge in [0.05, 0.1) is 11.4 Å². The summed E-state index contributed by atoms with van der Waals surface area (Å²) < 4.78 is 1.86. The molecular formula is C19H19N3O. The molecule has 0 saturated heterocycles. The highest BCUT2D eigenvalue weighted by atomic mass is 16.1. The molecular weight excluding hydrogens is 286 g/mol. The van der Waals surface area contributed by atoms with Gasteiger partial charge in [-0.1, -0.05) is 6.07 Å². The molecule has 0 saturated carbocycles. The molecule has 1 N–H and O–H groups in total. The third kappa shape index (κ3) is 3.01. The maximum Gasteiger partial charge on any atom is 0.272 e. The van der Waals surface area contributed by atoms with Crippen LogP contribution >= 0.6 is 0 Å². The molecule has 4 heteroatoms. The molecule has 0 bridgehead atoms. The maximum atomic E-state index is 12.6. The molecule has 0 aliphatic carbocycles. The van der Waals surface area contributed by atoms with Gasteiger partial charge in [0.1, 0.15) is 5.69 Å². The highest BCUT2D eigenvalue weighted by Crippen LogP contribution is 2.18. The number of carbonyl (C=O) groups is 1. The van der Waals surface area contributed by atoms with Gasteiger partial charge < -0.3 is 9.88 Å². The van der Waals surface area contributed by atoms with Gasteiger partial charge in [0.2, 0.25) is 0 Å². The predicted molar refractivity (Wildman–Crippen MR) is 92.2 cm³/mol. The fraction of sp³-hybridized carbons (Fsp3) is 0.158. The van der Waals surface area contributed by atoms with Crippen molar-refractivity contribution in [3.63, 3.8) is 0 Å².